The molecule has 0 saturated carbocycles. The second-order valence-corrected chi connectivity index (χ2v) is 1.36. The van der Waals surface area contributed by atoms with Crippen LogP contribution < -0.4 is 11.5 Å². The van der Waals surface area contributed by atoms with Gasteiger partial charge in [-0.25, -0.2) is 0 Å². The number of hydrogen-bond donors (Lipinski definition) is 3. The number of aromatic amines is 1. The van der Waals surface area contributed by atoms with Gasteiger partial charge in [-0.2, -0.15) is 0 Å². The molecule has 0 aliphatic rings. The molecule has 0 unspecified atom stereocenters. The first-order valence-electron chi connectivity index (χ1n) is 2.20. The van der Waals surface area contributed by atoms with Crippen molar-refractivity contribution in [1.29, 1.82) is 0 Å². The van der Waals surface area contributed by atoms with E-state index in [0.29, 0.717) is 18.3 Å². The number of aromatic nitrogens is 3. The minimum absolute atomic E-state index is 0. The number of nitrogen functional groups attached to an aromatic ring is 1. The van der Waals surface area contributed by atoms with Gasteiger partial charge in [0, 0.05) is 0 Å². The number of nitrogens with zero attached hydrogens (tertiary/aromatic N) is 2. The van der Waals surface area contributed by atoms with Gasteiger partial charge in [-0.1, -0.05) is 0 Å². The van der Waals surface area contributed by atoms with Gasteiger partial charge in [0.05, 0.1) is 6.54 Å². The van der Waals surface area contributed by atoms with Gasteiger partial charge in [0.25, 0.3) is 0 Å². The number of H-pyrrole nitrogens is 1. The maximum Gasteiger partial charge on any atom is 0.219 e. The average molecular weight is 150 g/mol. The van der Waals surface area contributed by atoms with Crippen LogP contribution in [-0.2, 0) is 6.54 Å². The van der Waals surface area contributed by atoms with Crippen molar-refractivity contribution in [3.8, 4) is 0 Å². The molecule has 0 aliphatic carbocycles. The van der Waals surface area contributed by atoms with Crippen LogP contribution in [0.25, 0.3) is 0 Å². The molecule has 5 N–H and O–H groups in total. The number of rotatable bonds is 1. The van der Waals surface area contributed by atoms with Gasteiger partial charge in [0.2, 0.25) is 5.95 Å². The molecule has 0 amide bonds. The first-order chi connectivity index (χ1) is 3.83. The van der Waals surface area contributed by atoms with E-state index in [1.54, 1.807) is 0 Å². The van der Waals surface area contributed by atoms with E-state index in [1.165, 1.54) is 0 Å². The lowest BCUT2D eigenvalue weighted by Gasteiger charge is -1.79. The van der Waals surface area contributed by atoms with E-state index in [-0.39, 0.29) is 12.4 Å². The van der Waals surface area contributed by atoms with Crippen molar-refractivity contribution in [2.75, 3.05) is 5.73 Å². The fourth-order valence-corrected chi connectivity index (χ4v) is 0.404. The zero-order valence-corrected chi connectivity index (χ0v) is 5.48. The predicted molar refractivity (Wildman–Crippen MR) is 35.9 cm³/mol. The summed E-state index contributed by atoms with van der Waals surface area (Å²) in [6.07, 6.45) is 0. The summed E-state index contributed by atoms with van der Waals surface area (Å²) in [4.78, 5) is 2.66. The summed E-state index contributed by atoms with van der Waals surface area (Å²) in [7, 11) is 0. The standard InChI is InChI=1S/C3H7N5.ClH/c4-1-2-6-3(5)8-7-2;/h1,4H2,(H3,5,6,7,8);1H. The highest BCUT2D eigenvalue weighted by atomic mass is 35.5. The highest BCUT2D eigenvalue weighted by molar-refractivity contribution is 5.85. The Morgan fingerprint density at radius 1 is 1.44 bits per heavy atom. The Morgan fingerprint density at radius 2 is 2.11 bits per heavy atom. The largest absolute Gasteiger partial charge is 0.368 e. The Hall–Kier alpha value is -0.810. The lowest BCUT2D eigenvalue weighted by Crippen LogP contribution is -1.98. The Balaban J connectivity index is 0.000000640. The Labute approximate surface area is 58.2 Å². The minimum atomic E-state index is 0. The van der Waals surface area contributed by atoms with Crippen LogP contribution >= 0.6 is 12.4 Å². The smallest absolute Gasteiger partial charge is 0.219 e. The molecule has 1 heterocycles. The highest BCUT2D eigenvalue weighted by Gasteiger charge is 1.92. The minimum Gasteiger partial charge on any atom is -0.368 e. The summed E-state index contributed by atoms with van der Waals surface area (Å²) in [5.41, 5.74) is 10.3. The number of halogens is 1. The molecular formula is C3H8ClN5. The molecule has 0 aliphatic heterocycles. The van der Waals surface area contributed by atoms with E-state index in [9.17, 15) is 0 Å². The highest BCUT2D eigenvalue weighted by Crippen LogP contribution is 1.88. The van der Waals surface area contributed by atoms with E-state index in [1.807, 2.05) is 0 Å². The van der Waals surface area contributed by atoms with E-state index in [4.69, 9.17) is 11.5 Å². The van der Waals surface area contributed by atoms with Crippen molar-refractivity contribution in [3.63, 3.8) is 0 Å². The zero-order valence-electron chi connectivity index (χ0n) is 4.66. The van der Waals surface area contributed by atoms with Crippen molar-refractivity contribution >= 4 is 18.4 Å². The Morgan fingerprint density at radius 3 is 2.33 bits per heavy atom. The van der Waals surface area contributed by atoms with Crippen molar-refractivity contribution in [1.82, 2.24) is 15.2 Å². The molecule has 9 heavy (non-hydrogen) atoms. The van der Waals surface area contributed by atoms with Gasteiger partial charge in [-0.15, -0.1) is 22.6 Å². The van der Waals surface area contributed by atoms with Crippen LogP contribution in [0.3, 0.4) is 0 Å². The zero-order chi connectivity index (χ0) is 5.98. The van der Waals surface area contributed by atoms with Crippen LogP contribution in [0, 0.1) is 0 Å². The molecule has 0 spiro atoms. The van der Waals surface area contributed by atoms with Crippen LogP contribution in [0.15, 0.2) is 0 Å². The number of hydrogen-bond acceptors (Lipinski definition) is 4. The predicted octanol–water partition coefficient (Wildman–Crippen LogP) is -0.733. The van der Waals surface area contributed by atoms with Crippen LogP contribution in [0.5, 0.6) is 0 Å². The molecule has 52 valence electrons. The maximum atomic E-state index is 5.17. The second kappa shape index (κ2) is 3.26. The Kier molecular flexibility index (Phi) is 2.97. The van der Waals surface area contributed by atoms with Crippen molar-refractivity contribution in [2.45, 2.75) is 6.54 Å². The van der Waals surface area contributed by atoms with Crippen molar-refractivity contribution in [3.05, 3.63) is 5.82 Å². The number of nitrogens with two attached hydrogens (primary N) is 2. The monoisotopic (exact) mass is 149 g/mol. The normalized spacial score (nSPS) is 8.56. The van der Waals surface area contributed by atoms with E-state index < -0.39 is 0 Å². The van der Waals surface area contributed by atoms with Gasteiger partial charge >= 0.3 is 0 Å². The molecule has 0 atom stereocenters. The summed E-state index contributed by atoms with van der Waals surface area (Å²) >= 11 is 0. The van der Waals surface area contributed by atoms with Crippen LogP contribution in [0.4, 0.5) is 5.95 Å². The molecule has 1 rings (SSSR count). The van der Waals surface area contributed by atoms with Crippen LogP contribution in [0.2, 0.25) is 0 Å². The topological polar surface area (TPSA) is 93.6 Å². The van der Waals surface area contributed by atoms with Crippen molar-refractivity contribution < 1.29 is 0 Å². The van der Waals surface area contributed by atoms with E-state index >= 15 is 0 Å². The molecule has 6 heteroatoms. The fraction of sp³-hybridized carbons (Fsp3) is 0.333. The van der Waals surface area contributed by atoms with Crippen LogP contribution in [0.1, 0.15) is 5.82 Å². The van der Waals surface area contributed by atoms with E-state index in [2.05, 4.69) is 15.2 Å². The first kappa shape index (κ1) is 8.19. The first-order valence-corrected chi connectivity index (χ1v) is 2.20. The molecule has 0 aromatic carbocycles. The fourth-order valence-electron chi connectivity index (χ4n) is 0.404. The molecule has 0 saturated heterocycles. The number of anilines is 1. The summed E-state index contributed by atoms with van der Waals surface area (Å²) in [5, 5.41) is 7.06. The third-order valence-electron chi connectivity index (χ3n) is 0.744. The van der Waals surface area contributed by atoms with Gasteiger partial charge < -0.3 is 16.5 Å². The van der Waals surface area contributed by atoms with Crippen LogP contribution in [-0.4, -0.2) is 15.2 Å². The molecule has 1 aromatic rings. The molecule has 5 nitrogen and oxygen atoms in total. The summed E-state index contributed by atoms with van der Waals surface area (Å²) < 4.78 is 0. The van der Waals surface area contributed by atoms with E-state index in [0.717, 1.165) is 0 Å². The van der Waals surface area contributed by atoms with Gasteiger partial charge in [0.15, 0.2) is 0 Å². The molecule has 0 bridgehead atoms. The molecular weight excluding hydrogens is 142 g/mol. The third-order valence-corrected chi connectivity index (χ3v) is 0.744. The molecule has 0 radical (unpaired) electrons. The van der Waals surface area contributed by atoms with Gasteiger partial charge in [-0.05, 0) is 0 Å². The quantitative estimate of drug-likeness (QED) is 0.491. The third kappa shape index (κ3) is 1.87. The van der Waals surface area contributed by atoms with Crippen molar-refractivity contribution in [2.24, 2.45) is 5.73 Å². The summed E-state index contributed by atoms with van der Waals surface area (Å²) in [5.74, 6) is 0.924. The summed E-state index contributed by atoms with van der Waals surface area (Å²) in [6.45, 7) is 0.351. The molecule has 1 aromatic heterocycles. The second-order valence-electron chi connectivity index (χ2n) is 1.36. The molecule has 0 fully saturated rings. The van der Waals surface area contributed by atoms with Gasteiger partial charge in [0.1, 0.15) is 5.82 Å². The lowest BCUT2D eigenvalue weighted by molar-refractivity contribution is 0.917. The summed E-state index contributed by atoms with van der Waals surface area (Å²) in [6, 6.07) is 0. The average Bonchev–Trinajstić information content (AvgIpc) is 2.14. The number of nitrogens with one attached hydrogen (secondary N) is 1. The SMILES string of the molecule is Cl.NCc1nnc(N)[nH]1. The Bertz CT molecular complexity index is 172. The maximum absolute atomic E-state index is 5.17. The van der Waals surface area contributed by atoms with Gasteiger partial charge in [-0.3, -0.25) is 0 Å². The lowest BCUT2D eigenvalue weighted by atomic mass is 10.6.